The van der Waals surface area contributed by atoms with Gasteiger partial charge < -0.3 is 4.90 Å². The van der Waals surface area contributed by atoms with Gasteiger partial charge in [0.15, 0.2) is 17.4 Å². The van der Waals surface area contributed by atoms with E-state index < -0.39 is 40.9 Å². The Morgan fingerprint density at radius 2 is 1.65 bits per heavy atom. The van der Waals surface area contributed by atoms with Gasteiger partial charge in [-0.25, -0.2) is 17.6 Å². The molecule has 136 valence electrons. The third-order valence-electron chi connectivity index (χ3n) is 4.44. The minimum atomic E-state index is -1.14. The lowest BCUT2D eigenvalue weighted by atomic mass is 9.89. The van der Waals surface area contributed by atoms with Crippen molar-refractivity contribution in [3.05, 3.63) is 70.8 Å². The summed E-state index contributed by atoms with van der Waals surface area (Å²) in [6, 6.07) is 5.47. The highest BCUT2D eigenvalue weighted by Crippen LogP contribution is 2.24. The van der Waals surface area contributed by atoms with Crippen LogP contribution in [0.4, 0.5) is 17.6 Å². The van der Waals surface area contributed by atoms with Crippen molar-refractivity contribution in [2.75, 3.05) is 13.1 Å². The number of likely N-dealkylation sites (tertiary alicyclic amines) is 1. The Labute approximate surface area is 147 Å². The number of benzene rings is 2. The predicted octanol–water partition coefficient (Wildman–Crippen LogP) is 3.98. The number of Topliss-reactive ketones (excluding diaryl/α,β-unsaturated/α-hetero) is 1. The molecule has 7 heteroatoms. The van der Waals surface area contributed by atoms with Crippen molar-refractivity contribution in [2.24, 2.45) is 5.92 Å². The number of hydrogen-bond acceptors (Lipinski definition) is 2. The van der Waals surface area contributed by atoms with E-state index in [1.807, 2.05) is 0 Å². The molecule has 2 aromatic carbocycles. The Morgan fingerprint density at radius 1 is 0.923 bits per heavy atom. The van der Waals surface area contributed by atoms with Gasteiger partial charge >= 0.3 is 0 Å². The van der Waals surface area contributed by atoms with Gasteiger partial charge in [0.2, 0.25) is 0 Å². The maximum Gasteiger partial charge on any atom is 0.253 e. The van der Waals surface area contributed by atoms with Crippen molar-refractivity contribution < 1.29 is 27.2 Å². The molecule has 0 bridgehead atoms. The number of rotatable bonds is 3. The molecule has 1 amide bonds. The lowest BCUT2D eigenvalue weighted by Gasteiger charge is -2.32. The van der Waals surface area contributed by atoms with Crippen LogP contribution in [0.15, 0.2) is 36.4 Å². The summed E-state index contributed by atoms with van der Waals surface area (Å²) < 4.78 is 53.5. The van der Waals surface area contributed by atoms with Gasteiger partial charge in [-0.3, -0.25) is 9.59 Å². The molecule has 0 radical (unpaired) electrons. The van der Waals surface area contributed by atoms with Gasteiger partial charge in [-0.1, -0.05) is 0 Å². The standard InChI is InChI=1S/C19H15F4NO2/c20-13-4-6-15(21)14(9-13)18(25)12-2-1-7-24(10-12)19(26)11-3-5-16(22)17(23)8-11/h3-6,8-9,12H,1-2,7,10H2. The molecule has 2 aromatic rings. The molecule has 1 heterocycles. The molecule has 0 saturated carbocycles. The largest absolute Gasteiger partial charge is 0.338 e. The average molecular weight is 365 g/mol. The Bertz CT molecular complexity index is 869. The van der Waals surface area contributed by atoms with E-state index in [4.69, 9.17) is 0 Å². The smallest absolute Gasteiger partial charge is 0.253 e. The summed E-state index contributed by atoms with van der Waals surface area (Å²) in [6.07, 6.45) is 0.916. The zero-order valence-corrected chi connectivity index (χ0v) is 13.6. The first-order valence-corrected chi connectivity index (χ1v) is 8.10. The quantitative estimate of drug-likeness (QED) is 0.610. The first-order valence-electron chi connectivity index (χ1n) is 8.10. The van der Waals surface area contributed by atoms with E-state index in [-0.39, 0.29) is 17.7 Å². The summed E-state index contributed by atoms with van der Waals surface area (Å²) in [7, 11) is 0. The zero-order chi connectivity index (χ0) is 18.8. The van der Waals surface area contributed by atoms with Crippen molar-refractivity contribution in [1.29, 1.82) is 0 Å². The first kappa shape index (κ1) is 18.1. The van der Waals surface area contributed by atoms with E-state index in [2.05, 4.69) is 0 Å². The molecule has 1 atom stereocenters. The molecule has 0 aliphatic carbocycles. The van der Waals surface area contributed by atoms with Crippen LogP contribution in [0.5, 0.6) is 0 Å². The number of nitrogens with zero attached hydrogens (tertiary/aromatic N) is 1. The van der Waals surface area contributed by atoms with Crippen LogP contribution in [0.25, 0.3) is 0 Å². The van der Waals surface area contributed by atoms with Gasteiger partial charge in [0, 0.05) is 24.6 Å². The Morgan fingerprint density at radius 3 is 2.38 bits per heavy atom. The highest BCUT2D eigenvalue weighted by atomic mass is 19.2. The van der Waals surface area contributed by atoms with E-state index in [1.165, 1.54) is 11.0 Å². The van der Waals surface area contributed by atoms with Crippen molar-refractivity contribution >= 4 is 11.7 Å². The summed E-state index contributed by atoms with van der Waals surface area (Å²) in [5, 5.41) is 0. The lowest BCUT2D eigenvalue weighted by molar-refractivity contribution is 0.0635. The second-order valence-electron chi connectivity index (χ2n) is 6.21. The van der Waals surface area contributed by atoms with Crippen LogP contribution >= 0.6 is 0 Å². The molecule has 3 nitrogen and oxygen atoms in total. The molecular formula is C19H15F4NO2. The number of piperidine rings is 1. The van der Waals surface area contributed by atoms with E-state index in [0.29, 0.717) is 19.4 Å². The van der Waals surface area contributed by atoms with Gasteiger partial charge in [-0.15, -0.1) is 0 Å². The highest BCUT2D eigenvalue weighted by Gasteiger charge is 2.31. The number of carbonyl (C=O) groups is 2. The van der Waals surface area contributed by atoms with Gasteiger partial charge in [-0.2, -0.15) is 0 Å². The fraction of sp³-hybridized carbons (Fsp3) is 0.263. The minimum Gasteiger partial charge on any atom is -0.338 e. The van der Waals surface area contributed by atoms with Crippen LogP contribution < -0.4 is 0 Å². The SMILES string of the molecule is O=C(c1cc(F)ccc1F)C1CCCN(C(=O)c2ccc(F)c(F)c2)C1. The van der Waals surface area contributed by atoms with Crippen molar-refractivity contribution in [1.82, 2.24) is 4.90 Å². The van der Waals surface area contributed by atoms with Crippen LogP contribution in [0.2, 0.25) is 0 Å². The number of hydrogen-bond donors (Lipinski definition) is 0. The third kappa shape index (κ3) is 3.61. The van der Waals surface area contributed by atoms with E-state index >= 15 is 0 Å². The Hall–Kier alpha value is -2.70. The molecule has 1 aliphatic rings. The summed E-state index contributed by atoms with van der Waals surface area (Å²) in [5.41, 5.74) is -0.383. The maximum absolute atomic E-state index is 13.8. The maximum atomic E-state index is 13.8. The van der Waals surface area contributed by atoms with Crippen LogP contribution in [-0.4, -0.2) is 29.7 Å². The second kappa shape index (κ2) is 7.27. The van der Waals surface area contributed by atoms with Gasteiger partial charge in [0.1, 0.15) is 11.6 Å². The van der Waals surface area contributed by atoms with E-state index in [9.17, 15) is 27.2 Å². The van der Waals surface area contributed by atoms with Gasteiger partial charge in [0.25, 0.3) is 5.91 Å². The normalized spacial score (nSPS) is 17.2. The van der Waals surface area contributed by atoms with Crippen molar-refractivity contribution in [3.63, 3.8) is 0 Å². The van der Waals surface area contributed by atoms with E-state index in [0.717, 1.165) is 30.3 Å². The molecule has 3 rings (SSSR count). The number of halogens is 4. The average Bonchev–Trinajstić information content (AvgIpc) is 2.65. The minimum absolute atomic E-state index is 0.00656. The van der Waals surface area contributed by atoms with Crippen LogP contribution in [0.3, 0.4) is 0 Å². The second-order valence-corrected chi connectivity index (χ2v) is 6.21. The number of ketones is 1. The van der Waals surface area contributed by atoms with Gasteiger partial charge in [0.05, 0.1) is 5.56 Å². The predicted molar refractivity (Wildman–Crippen MR) is 85.7 cm³/mol. The van der Waals surface area contributed by atoms with Crippen molar-refractivity contribution in [2.45, 2.75) is 12.8 Å². The third-order valence-corrected chi connectivity index (χ3v) is 4.44. The molecule has 1 fully saturated rings. The van der Waals surface area contributed by atoms with Crippen LogP contribution in [0, 0.1) is 29.2 Å². The molecular weight excluding hydrogens is 350 g/mol. The molecule has 1 saturated heterocycles. The summed E-state index contributed by atoms with van der Waals surface area (Å²) >= 11 is 0. The van der Waals surface area contributed by atoms with E-state index in [1.54, 1.807) is 0 Å². The summed E-state index contributed by atoms with van der Waals surface area (Å²) in [6.45, 7) is 0.347. The number of carbonyl (C=O) groups excluding carboxylic acids is 2. The summed E-state index contributed by atoms with van der Waals surface area (Å²) in [5.74, 6) is -5.54. The Kier molecular flexibility index (Phi) is 5.06. The fourth-order valence-corrected chi connectivity index (χ4v) is 3.09. The van der Waals surface area contributed by atoms with Crippen LogP contribution in [0.1, 0.15) is 33.6 Å². The highest BCUT2D eigenvalue weighted by molar-refractivity contribution is 5.99. The molecule has 0 N–H and O–H groups in total. The Balaban J connectivity index is 1.78. The fourth-order valence-electron chi connectivity index (χ4n) is 3.09. The van der Waals surface area contributed by atoms with Gasteiger partial charge in [-0.05, 0) is 49.2 Å². The first-order chi connectivity index (χ1) is 12.4. The molecule has 0 aromatic heterocycles. The topological polar surface area (TPSA) is 37.4 Å². The van der Waals surface area contributed by atoms with Crippen molar-refractivity contribution in [3.8, 4) is 0 Å². The zero-order valence-electron chi connectivity index (χ0n) is 13.6. The molecule has 1 aliphatic heterocycles. The molecule has 0 spiro atoms. The monoisotopic (exact) mass is 365 g/mol. The number of amides is 1. The lowest BCUT2D eigenvalue weighted by Crippen LogP contribution is -2.42. The summed E-state index contributed by atoms with van der Waals surface area (Å²) in [4.78, 5) is 26.3. The van der Waals surface area contributed by atoms with Crippen LogP contribution in [-0.2, 0) is 0 Å². The molecule has 1 unspecified atom stereocenters. The molecule has 26 heavy (non-hydrogen) atoms.